The highest BCUT2D eigenvalue weighted by molar-refractivity contribution is 7.99. The van der Waals surface area contributed by atoms with Crippen molar-refractivity contribution in [1.82, 2.24) is 9.88 Å². The number of hydrogen-bond acceptors (Lipinski definition) is 6. The lowest BCUT2D eigenvalue weighted by Gasteiger charge is -2.22. The van der Waals surface area contributed by atoms with Crippen LogP contribution in [0, 0.1) is 6.92 Å². The number of anilines is 1. The maximum atomic E-state index is 13.1. The van der Waals surface area contributed by atoms with E-state index < -0.39 is 0 Å². The molecule has 1 amide bonds. The average molecular weight is 444 g/mol. The van der Waals surface area contributed by atoms with Crippen LogP contribution in [0.5, 0.6) is 5.75 Å². The van der Waals surface area contributed by atoms with Gasteiger partial charge >= 0.3 is 0 Å². The summed E-state index contributed by atoms with van der Waals surface area (Å²) in [6.45, 7) is 6.09. The van der Waals surface area contributed by atoms with Crippen molar-refractivity contribution >= 4 is 44.4 Å². The second kappa shape index (κ2) is 10.8. The molecule has 2 aromatic carbocycles. The minimum absolute atomic E-state index is 0.112. The van der Waals surface area contributed by atoms with Crippen LogP contribution in [0.4, 0.5) is 5.13 Å². The van der Waals surface area contributed by atoms with Gasteiger partial charge in [0.05, 0.1) is 16.8 Å². The number of benzene rings is 2. The molecule has 0 aliphatic heterocycles. The van der Waals surface area contributed by atoms with Crippen molar-refractivity contribution in [3.8, 4) is 5.75 Å². The molecule has 0 saturated heterocycles. The van der Waals surface area contributed by atoms with E-state index in [-0.39, 0.29) is 5.91 Å². The van der Waals surface area contributed by atoms with Gasteiger partial charge in [0.25, 0.3) is 0 Å². The molecule has 0 N–H and O–H groups in total. The van der Waals surface area contributed by atoms with Crippen LogP contribution in [0.3, 0.4) is 0 Å². The van der Waals surface area contributed by atoms with Gasteiger partial charge in [-0.25, -0.2) is 4.98 Å². The van der Waals surface area contributed by atoms with Gasteiger partial charge in [-0.05, 0) is 58.3 Å². The third-order valence-electron chi connectivity index (χ3n) is 4.57. The Bertz CT molecular complexity index is 970. The Balaban J connectivity index is 1.71. The number of fused-ring (bicyclic) bond motifs is 1. The van der Waals surface area contributed by atoms with Gasteiger partial charge in [-0.3, -0.25) is 9.69 Å². The minimum atomic E-state index is 0.112. The second-order valence-electron chi connectivity index (χ2n) is 7.32. The summed E-state index contributed by atoms with van der Waals surface area (Å²) in [4.78, 5) is 22.9. The summed E-state index contributed by atoms with van der Waals surface area (Å²) in [5.74, 6) is 1.70. The zero-order valence-electron chi connectivity index (χ0n) is 18.1. The maximum absolute atomic E-state index is 13.1. The van der Waals surface area contributed by atoms with Crippen LogP contribution in [0.1, 0.15) is 18.9 Å². The number of ether oxygens (including phenoxy) is 1. The van der Waals surface area contributed by atoms with Crippen LogP contribution in [0.2, 0.25) is 0 Å². The summed E-state index contributed by atoms with van der Waals surface area (Å²) in [6, 6.07) is 14.3. The first-order valence-electron chi connectivity index (χ1n) is 10.1. The van der Waals surface area contributed by atoms with Crippen molar-refractivity contribution in [2.24, 2.45) is 0 Å². The molecule has 160 valence electrons. The minimum Gasteiger partial charge on any atom is -0.494 e. The standard InChI is InChI=1S/C23H29N3O2S2/c1-5-28-18-8-11-20-21(16-18)30-23(24-20)26(14-13-25(3)4)22(27)12-15-29-19-9-6-17(2)7-10-19/h6-11,16H,5,12-15H2,1-4H3. The quantitative estimate of drug-likeness (QED) is 0.409. The van der Waals surface area contributed by atoms with Crippen LogP contribution < -0.4 is 9.64 Å². The Morgan fingerprint density at radius 3 is 2.60 bits per heavy atom. The molecule has 0 aliphatic carbocycles. The first-order chi connectivity index (χ1) is 14.5. The first kappa shape index (κ1) is 22.6. The molecule has 0 atom stereocenters. The lowest BCUT2D eigenvalue weighted by molar-refractivity contribution is -0.118. The number of hydrogen-bond donors (Lipinski definition) is 0. The number of carbonyl (C=O) groups excluding carboxylic acids is 1. The largest absolute Gasteiger partial charge is 0.494 e. The normalized spacial score (nSPS) is 11.2. The fraction of sp³-hybridized carbons (Fsp3) is 0.391. The molecule has 1 aromatic heterocycles. The molecule has 0 spiro atoms. The summed E-state index contributed by atoms with van der Waals surface area (Å²) in [6.07, 6.45) is 0.478. The molecule has 5 nitrogen and oxygen atoms in total. The molecule has 0 radical (unpaired) electrons. The molecule has 0 unspecified atom stereocenters. The number of amides is 1. The van der Waals surface area contributed by atoms with Crippen molar-refractivity contribution in [2.75, 3.05) is 44.4 Å². The van der Waals surface area contributed by atoms with Gasteiger partial charge in [-0.2, -0.15) is 0 Å². The van der Waals surface area contributed by atoms with Crippen LogP contribution in [0.15, 0.2) is 47.4 Å². The van der Waals surface area contributed by atoms with Crippen LogP contribution in [-0.4, -0.2) is 55.3 Å². The SMILES string of the molecule is CCOc1ccc2nc(N(CCN(C)C)C(=O)CCSc3ccc(C)cc3)sc2c1. The topological polar surface area (TPSA) is 45.7 Å². The number of nitrogens with zero attached hydrogens (tertiary/aromatic N) is 3. The zero-order valence-corrected chi connectivity index (χ0v) is 19.7. The van der Waals surface area contributed by atoms with Gasteiger partial charge in [0.2, 0.25) is 5.91 Å². The lowest BCUT2D eigenvalue weighted by Crippen LogP contribution is -2.36. The third kappa shape index (κ3) is 6.20. The molecular formula is C23H29N3O2S2. The average Bonchev–Trinajstić information content (AvgIpc) is 3.12. The molecule has 1 heterocycles. The highest BCUT2D eigenvalue weighted by Crippen LogP contribution is 2.32. The predicted molar refractivity (Wildman–Crippen MR) is 128 cm³/mol. The molecular weight excluding hydrogens is 414 g/mol. The number of aryl methyl sites for hydroxylation is 1. The fourth-order valence-electron chi connectivity index (χ4n) is 2.92. The summed E-state index contributed by atoms with van der Waals surface area (Å²) in [5.41, 5.74) is 2.14. The van der Waals surface area contributed by atoms with E-state index in [4.69, 9.17) is 9.72 Å². The van der Waals surface area contributed by atoms with E-state index in [1.165, 1.54) is 10.5 Å². The number of aromatic nitrogens is 1. The first-order valence-corrected chi connectivity index (χ1v) is 11.9. The summed E-state index contributed by atoms with van der Waals surface area (Å²) < 4.78 is 6.64. The Labute approximate surface area is 187 Å². The number of likely N-dealkylation sites (N-methyl/N-ethyl adjacent to an activating group) is 1. The van der Waals surface area contributed by atoms with Crippen LogP contribution >= 0.6 is 23.1 Å². The van der Waals surface area contributed by atoms with Crippen molar-refractivity contribution in [1.29, 1.82) is 0 Å². The van der Waals surface area contributed by atoms with Gasteiger partial charge in [-0.15, -0.1) is 11.8 Å². The number of rotatable bonds is 10. The van der Waals surface area contributed by atoms with E-state index in [1.807, 2.05) is 44.1 Å². The van der Waals surface area contributed by atoms with E-state index in [0.717, 1.165) is 33.4 Å². The molecule has 3 rings (SSSR count). The number of carbonyl (C=O) groups is 1. The Hall–Kier alpha value is -2.09. The van der Waals surface area contributed by atoms with Crippen molar-refractivity contribution < 1.29 is 9.53 Å². The highest BCUT2D eigenvalue weighted by Gasteiger charge is 2.20. The van der Waals surface area contributed by atoms with Crippen LogP contribution in [-0.2, 0) is 4.79 Å². The van der Waals surface area contributed by atoms with E-state index in [9.17, 15) is 4.79 Å². The third-order valence-corrected chi connectivity index (χ3v) is 6.62. The second-order valence-corrected chi connectivity index (χ2v) is 9.50. The molecule has 0 fully saturated rings. The molecule has 30 heavy (non-hydrogen) atoms. The summed E-state index contributed by atoms with van der Waals surface area (Å²) >= 11 is 3.26. The zero-order chi connectivity index (χ0) is 21.5. The van der Waals surface area contributed by atoms with E-state index >= 15 is 0 Å². The van der Waals surface area contributed by atoms with Crippen molar-refractivity contribution in [3.05, 3.63) is 48.0 Å². The van der Waals surface area contributed by atoms with Gasteiger partial charge in [0.15, 0.2) is 5.13 Å². The summed E-state index contributed by atoms with van der Waals surface area (Å²) in [7, 11) is 4.03. The molecule has 0 saturated carbocycles. The van der Waals surface area contributed by atoms with Crippen molar-refractivity contribution in [2.45, 2.75) is 25.2 Å². The Kier molecular flexibility index (Phi) is 8.13. The van der Waals surface area contributed by atoms with Gasteiger partial charge < -0.3 is 9.64 Å². The van der Waals surface area contributed by atoms with Gasteiger partial charge in [0.1, 0.15) is 5.75 Å². The van der Waals surface area contributed by atoms with Crippen molar-refractivity contribution in [3.63, 3.8) is 0 Å². The summed E-state index contributed by atoms with van der Waals surface area (Å²) in [5, 5.41) is 0.755. The highest BCUT2D eigenvalue weighted by atomic mass is 32.2. The monoisotopic (exact) mass is 443 g/mol. The Morgan fingerprint density at radius 2 is 1.90 bits per heavy atom. The number of thiazole rings is 1. The Morgan fingerprint density at radius 1 is 1.13 bits per heavy atom. The smallest absolute Gasteiger partial charge is 0.229 e. The molecule has 3 aromatic rings. The maximum Gasteiger partial charge on any atom is 0.229 e. The molecule has 0 bridgehead atoms. The fourth-order valence-corrected chi connectivity index (χ4v) is 4.80. The molecule has 7 heteroatoms. The van der Waals surface area contributed by atoms with E-state index in [2.05, 4.69) is 36.1 Å². The van der Waals surface area contributed by atoms with Crippen LogP contribution in [0.25, 0.3) is 10.2 Å². The van der Waals surface area contributed by atoms with E-state index in [1.54, 1.807) is 23.1 Å². The van der Waals surface area contributed by atoms with Gasteiger partial charge in [0, 0.05) is 30.2 Å². The predicted octanol–water partition coefficient (Wildman–Crippen LogP) is 5.08. The van der Waals surface area contributed by atoms with Gasteiger partial charge in [-0.1, -0.05) is 29.0 Å². The number of thioether (sulfide) groups is 1. The molecule has 0 aliphatic rings. The van der Waals surface area contributed by atoms with E-state index in [0.29, 0.717) is 19.6 Å². The lowest BCUT2D eigenvalue weighted by atomic mass is 10.2.